The van der Waals surface area contributed by atoms with Gasteiger partial charge in [-0.25, -0.2) is 0 Å². The molecule has 4 heavy (non-hydrogen) atoms. The summed E-state index contributed by atoms with van der Waals surface area (Å²) < 4.78 is 0. The van der Waals surface area contributed by atoms with Gasteiger partial charge in [-0.3, -0.25) is 0 Å². The van der Waals surface area contributed by atoms with Gasteiger partial charge in [0.1, 0.15) is 0 Å². The SMILES string of the molecule is O.[I][Pt-].[Na+]. The Balaban J connectivity index is -0.00000000500. The largest absolute Gasteiger partial charge is 1.00 e. The molecule has 0 aromatic carbocycles. The van der Waals surface area contributed by atoms with E-state index in [1.807, 2.05) is 0 Å². The monoisotopic (exact) mass is 363 g/mol. The van der Waals surface area contributed by atoms with Gasteiger partial charge in [0.15, 0.2) is 0 Å². The minimum atomic E-state index is 0. The first-order valence-electron chi connectivity index (χ1n) is 0.120. The van der Waals surface area contributed by atoms with Gasteiger partial charge in [0, 0.05) is 0 Å². The molecule has 0 heterocycles. The molecule has 0 aliphatic rings. The third-order valence-corrected chi connectivity index (χ3v) is 0. The van der Waals surface area contributed by atoms with Crippen LogP contribution in [0.3, 0.4) is 0 Å². The number of hydrogen-bond donors (Lipinski definition) is 0. The van der Waals surface area contributed by atoms with Crippen LogP contribution < -0.4 is 29.6 Å². The van der Waals surface area contributed by atoms with Gasteiger partial charge in [-0.2, -0.15) is 0 Å². The van der Waals surface area contributed by atoms with Gasteiger partial charge < -0.3 is 5.48 Å². The van der Waals surface area contributed by atoms with E-state index in [1.165, 1.54) is 0 Å². The van der Waals surface area contributed by atoms with Crippen molar-refractivity contribution < 1.29 is 51.2 Å². The summed E-state index contributed by atoms with van der Waals surface area (Å²) >= 11 is 4.23. The quantitative estimate of drug-likeness (QED) is 0.326. The molecule has 0 radical (unpaired) electrons. The molecule has 0 bridgehead atoms. The Kier molecular flexibility index (Phi) is 73.7. The van der Waals surface area contributed by atoms with Crippen LogP contribution in [-0.4, -0.2) is 5.48 Å². The maximum atomic E-state index is 2.12. The summed E-state index contributed by atoms with van der Waals surface area (Å²) in [6, 6.07) is 0. The predicted octanol–water partition coefficient (Wildman–Crippen LogP) is -2.94. The summed E-state index contributed by atoms with van der Waals surface area (Å²) in [5, 5.41) is 0. The fraction of sp³-hybridized carbons (Fsp3) is 0. The second-order valence-corrected chi connectivity index (χ2v) is 0. The van der Waals surface area contributed by atoms with E-state index in [9.17, 15) is 0 Å². The molecule has 0 atom stereocenters. The van der Waals surface area contributed by atoms with Crippen LogP contribution >= 0.6 is 19.4 Å². The van der Waals surface area contributed by atoms with E-state index < -0.39 is 0 Å². The number of halogens is 1. The topological polar surface area (TPSA) is 31.5 Å². The zero-order valence-corrected chi connectivity index (χ0v) is 8.62. The van der Waals surface area contributed by atoms with Crippen molar-refractivity contribution in [2.24, 2.45) is 0 Å². The number of rotatable bonds is 0. The Labute approximate surface area is 69.2 Å². The zero-order chi connectivity index (χ0) is 2.00. The fourth-order valence-corrected chi connectivity index (χ4v) is 0. The first-order valence-corrected chi connectivity index (χ1v) is 6.56. The predicted molar refractivity (Wildman–Crippen MR) is 17.6 cm³/mol. The summed E-state index contributed by atoms with van der Waals surface area (Å²) in [5.74, 6) is 0. The molecule has 26 valence electrons. The molecule has 0 aliphatic heterocycles. The van der Waals surface area contributed by atoms with Crippen LogP contribution in [-0.2, 0) is 16.1 Å². The maximum Gasteiger partial charge on any atom is 1.00 e. The van der Waals surface area contributed by atoms with E-state index in [1.54, 1.807) is 0 Å². The van der Waals surface area contributed by atoms with Crippen LogP contribution in [0.1, 0.15) is 0 Å². The van der Waals surface area contributed by atoms with E-state index in [2.05, 4.69) is 35.5 Å². The summed E-state index contributed by atoms with van der Waals surface area (Å²) in [7, 11) is 0. The Morgan fingerprint density at radius 1 is 1.25 bits per heavy atom. The molecular formula is H2INaOPt. The van der Waals surface area contributed by atoms with Gasteiger partial charge in [-0.05, 0) is 0 Å². The van der Waals surface area contributed by atoms with Crippen molar-refractivity contribution in [1.29, 1.82) is 0 Å². The molecule has 0 amide bonds. The van der Waals surface area contributed by atoms with Crippen molar-refractivity contribution in [3.05, 3.63) is 0 Å². The third kappa shape index (κ3) is 8.83. The third-order valence-electron chi connectivity index (χ3n) is 0. The second kappa shape index (κ2) is 18.2. The first-order chi connectivity index (χ1) is 1.00. The van der Waals surface area contributed by atoms with Crippen molar-refractivity contribution in [3.8, 4) is 0 Å². The van der Waals surface area contributed by atoms with E-state index in [4.69, 9.17) is 0 Å². The van der Waals surface area contributed by atoms with Crippen molar-refractivity contribution in [1.82, 2.24) is 0 Å². The summed E-state index contributed by atoms with van der Waals surface area (Å²) in [6.07, 6.45) is 0. The average Bonchev–Trinajstić information content (AvgIpc) is 1.00. The standard InChI is InChI=1S/HI.Na.H2O.Pt/h1H;;1H2;/q;+1;;/p-1. The van der Waals surface area contributed by atoms with Gasteiger partial charge in [0.2, 0.25) is 0 Å². The Morgan fingerprint density at radius 2 is 1.25 bits per heavy atom. The molecule has 2 N–H and O–H groups in total. The zero-order valence-electron chi connectivity index (χ0n) is 2.19. The second-order valence-electron chi connectivity index (χ2n) is 0. The van der Waals surface area contributed by atoms with Gasteiger partial charge in [0.25, 0.3) is 0 Å². The molecule has 0 fully saturated rings. The Hall–Kier alpha value is 2.38. The van der Waals surface area contributed by atoms with Crippen LogP contribution in [0.2, 0.25) is 0 Å². The van der Waals surface area contributed by atoms with Crippen LogP contribution in [0.15, 0.2) is 0 Å². The van der Waals surface area contributed by atoms with Crippen LogP contribution in [0.4, 0.5) is 0 Å². The molecule has 0 aliphatic carbocycles. The van der Waals surface area contributed by atoms with Gasteiger partial charge in [-0.1, -0.05) is 0 Å². The molecule has 0 spiro atoms. The van der Waals surface area contributed by atoms with Gasteiger partial charge in [0.05, 0.1) is 0 Å². The molecule has 0 saturated carbocycles. The van der Waals surface area contributed by atoms with Crippen molar-refractivity contribution >= 4 is 19.4 Å². The summed E-state index contributed by atoms with van der Waals surface area (Å²) in [6.45, 7) is 0. The maximum absolute atomic E-state index is 2.12. The van der Waals surface area contributed by atoms with Crippen LogP contribution in [0, 0.1) is 0 Å². The summed E-state index contributed by atoms with van der Waals surface area (Å²) in [4.78, 5) is 0. The minimum absolute atomic E-state index is 0. The minimum Gasteiger partial charge on any atom is 1.00 e. The van der Waals surface area contributed by atoms with Crippen LogP contribution in [0.25, 0.3) is 0 Å². The molecule has 1 nitrogen and oxygen atoms in total. The molecule has 0 aromatic rings. The molecule has 0 saturated heterocycles. The average molecular weight is 363 g/mol. The smallest absolute Gasteiger partial charge is 1.00 e. The van der Waals surface area contributed by atoms with Crippen molar-refractivity contribution in [2.75, 3.05) is 0 Å². The molecule has 0 rings (SSSR count). The number of hydrogen-bond acceptors (Lipinski definition) is 0. The Bertz CT molecular complexity index is 8.00. The molecule has 0 unspecified atom stereocenters. The van der Waals surface area contributed by atoms with Gasteiger partial charge >= 0.3 is 65.0 Å². The fourth-order valence-electron chi connectivity index (χ4n) is 0. The first kappa shape index (κ1) is 16.2. The molecular weight excluding hydrogens is 361 g/mol. The van der Waals surface area contributed by atoms with E-state index >= 15 is 0 Å². The van der Waals surface area contributed by atoms with E-state index in [0.717, 1.165) is 0 Å². The molecule has 4 heteroatoms. The van der Waals surface area contributed by atoms with Crippen molar-refractivity contribution in [2.45, 2.75) is 0 Å². The van der Waals surface area contributed by atoms with Crippen LogP contribution in [0.5, 0.6) is 0 Å². The van der Waals surface area contributed by atoms with E-state index in [0.29, 0.717) is 0 Å². The van der Waals surface area contributed by atoms with Gasteiger partial charge in [-0.15, -0.1) is 0 Å². The van der Waals surface area contributed by atoms with E-state index in [-0.39, 0.29) is 35.0 Å². The summed E-state index contributed by atoms with van der Waals surface area (Å²) in [5.41, 5.74) is 0. The van der Waals surface area contributed by atoms with Crippen molar-refractivity contribution in [3.63, 3.8) is 0 Å². The molecule has 0 aromatic heterocycles. The Morgan fingerprint density at radius 3 is 1.25 bits per heavy atom. The normalized spacial score (nSPS) is 1.75.